The third-order valence-electron chi connectivity index (χ3n) is 1.64. The molecule has 0 bridgehead atoms. The smallest absolute Gasteiger partial charge is 0.335 e. The van der Waals surface area contributed by atoms with E-state index < -0.39 is 5.97 Å². The fraction of sp³-hybridized carbons (Fsp3) is 0.364. The van der Waals surface area contributed by atoms with Crippen LogP contribution in [0.5, 0.6) is 0 Å². The third-order valence-corrected chi connectivity index (χ3v) is 1.89. The van der Waals surface area contributed by atoms with Crippen LogP contribution in [0.25, 0.3) is 0 Å². The molecule has 0 amide bonds. The van der Waals surface area contributed by atoms with Crippen LogP contribution in [-0.4, -0.2) is 48.3 Å². The molecule has 0 aromatic heterocycles. The molecular formula is C11H17Cl2NO3. The van der Waals surface area contributed by atoms with E-state index in [4.69, 9.17) is 21.8 Å². The fourth-order valence-electron chi connectivity index (χ4n) is 0.792. The minimum absolute atomic E-state index is 0. The Morgan fingerprint density at radius 3 is 2.00 bits per heavy atom. The molecule has 0 aliphatic rings. The van der Waals surface area contributed by atoms with Gasteiger partial charge in [0.25, 0.3) is 0 Å². The van der Waals surface area contributed by atoms with Crippen molar-refractivity contribution >= 4 is 30.0 Å². The fourth-order valence-corrected chi connectivity index (χ4v) is 0.918. The maximum atomic E-state index is 10.3. The van der Waals surface area contributed by atoms with E-state index in [1.807, 2.05) is 19.0 Å². The lowest BCUT2D eigenvalue weighted by molar-refractivity contribution is 0.0697. The standard InChI is InChI=1S/C7H5ClO2.C4H11NO.ClH/c8-6-3-1-5(2-4-6)7(9)10;1-5(2)3-4-6;/h1-4H,(H,9,10);6H,3-4H2,1-2H3;1H. The highest BCUT2D eigenvalue weighted by atomic mass is 35.5. The monoisotopic (exact) mass is 281 g/mol. The van der Waals surface area contributed by atoms with Gasteiger partial charge in [-0.2, -0.15) is 0 Å². The van der Waals surface area contributed by atoms with Crippen molar-refractivity contribution < 1.29 is 15.0 Å². The molecule has 0 saturated carbocycles. The number of likely N-dealkylation sites (N-methyl/N-ethyl adjacent to an activating group) is 1. The summed E-state index contributed by atoms with van der Waals surface area (Å²) in [4.78, 5) is 12.2. The summed E-state index contributed by atoms with van der Waals surface area (Å²) in [5.41, 5.74) is 0.254. The first kappa shape index (κ1) is 18.6. The van der Waals surface area contributed by atoms with Crippen molar-refractivity contribution in [3.05, 3.63) is 34.9 Å². The number of benzene rings is 1. The number of nitrogens with zero attached hydrogens (tertiary/aromatic N) is 1. The second kappa shape index (κ2) is 10.4. The second-order valence-electron chi connectivity index (χ2n) is 3.34. The summed E-state index contributed by atoms with van der Waals surface area (Å²) in [6.45, 7) is 1.02. The first-order valence-electron chi connectivity index (χ1n) is 4.71. The number of aliphatic hydroxyl groups is 1. The van der Waals surface area contributed by atoms with Gasteiger partial charge in [0.05, 0.1) is 12.2 Å². The molecular weight excluding hydrogens is 265 g/mol. The predicted molar refractivity (Wildman–Crippen MR) is 71.3 cm³/mol. The summed E-state index contributed by atoms with van der Waals surface area (Å²) in [6.07, 6.45) is 0. The number of halogens is 2. The Morgan fingerprint density at radius 1 is 1.29 bits per heavy atom. The SMILES string of the molecule is CN(C)CCO.Cl.O=C(O)c1ccc(Cl)cc1. The molecule has 6 heteroatoms. The van der Waals surface area contributed by atoms with Gasteiger partial charge in [0, 0.05) is 11.6 Å². The molecule has 0 unspecified atom stereocenters. The second-order valence-corrected chi connectivity index (χ2v) is 3.78. The molecule has 0 aliphatic carbocycles. The van der Waals surface area contributed by atoms with Gasteiger partial charge < -0.3 is 15.1 Å². The number of aromatic carboxylic acids is 1. The van der Waals surface area contributed by atoms with Crippen LogP contribution in [0.15, 0.2) is 24.3 Å². The third kappa shape index (κ3) is 10.1. The van der Waals surface area contributed by atoms with E-state index >= 15 is 0 Å². The minimum Gasteiger partial charge on any atom is -0.478 e. The summed E-state index contributed by atoms with van der Waals surface area (Å²) in [7, 11) is 3.85. The van der Waals surface area contributed by atoms with Gasteiger partial charge in [0.2, 0.25) is 0 Å². The van der Waals surface area contributed by atoms with Crippen molar-refractivity contribution in [1.29, 1.82) is 0 Å². The van der Waals surface area contributed by atoms with Gasteiger partial charge in [0.1, 0.15) is 0 Å². The Labute approximate surface area is 112 Å². The first-order chi connectivity index (χ1) is 7.47. The zero-order valence-electron chi connectivity index (χ0n) is 9.76. The molecule has 4 nitrogen and oxygen atoms in total. The highest BCUT2D eigenvalue weighted by Crippen LogP contribution is 2.08. The highest BCUT2D eigenvalue weighted by Gasteiger charge is 1.99. The minimum atomic E-state index is -0.934. The number of carboxylic acids is 1. The van der Waals surface area contributed by atoms with E-state index in [-0.39, 0.29) is 24.6 Å². The Bertz CT molecular complexity index is 315. The average molecular weight is 282 g/mol. The van der Waals surface area contributed by atoms with Gasteiger partial charge in [-0.1, -0.05) is 11.6 Å². The summed E-state index contributed by atoms with van der Waals surface area (Å²) in [6, 6.07) is 6.02. The lowest BCUT2D eigenvalue weighted by atomic mass is 10.2. The summed E-state index contributed by atoms with van der Waals surface area (Å²) in [5, 5.41) is 17.2. The zero-order chi connectivity index (χ0) is 12.6. The van der Waals surface area contributed by atoms with E-state index in [0.29, 0.717) is 5.02 Å². The van der Waals surface area contributed by atoms with Gasteiger partial charge in [-0.15, -0.1) is 12.4 Å². The van der Waals surface area contributed by atoms with Crippen LogP contribution in [0, 0.1) is 0 Å². The molecule has 0 spiro atoms. The molecule has 0 aliphatic heterocycles. The van der Waals surface area contributed by atoms with Gasteiger partial charge in [-0.3, -0.25) is 0 Å². The molecule has 1 aromatic rings. The zero-order valence-corrected chi connectivity index (χ0v) is 11.3. The van der Waals surface area contributed by atoms with Gasteiger partial charge >= 0.3 is 5.97 Å². The molecule has 17 heavy (non-hydrogen) atoms. The van der Waals surface area contributed by atoms with Gasteiger partial charge in [-0.05, 0) is 38.4 Å². The van der Waals surface area contributed by atoms with Crippen molar-refractivity contribution in [2.75, 3.05) is 27.2 Å². The Kier molecular flexibility index (Phi) is 11.3. The number of aliphatic hydroxyl groups excluding tert-OH is 1. The van der Waals surface area contributed by atoms with E-state index in [2.05, 4.69) is 0 Å². The number of hydrogen-bond acceptors (Lipinski definition) is 3. The van der Waals surface area contributed by atoms with Crippen LogP contribution in [0.4, 0.5) is 0 Å². The van der Waals surface area contributed by atoms with Crippen LogP contribution in [-0.2, 0) is 0 Å². The van der Waals surface area contributed by atoms with E-state index in [1.54, 1.807) is 12.1 Å². The first-order valence-corrected chi connectivity index (χ1v) is 5.09. The summed E-state index contributed by atoms with van der Waals surface area (Å²) >= 11 is 5.52. The quantitative estimate of drug-likeness (QED) is 0.890. The van der Waals surface area contributed by atoms with Crippen LogP contribution in [0.2, 0.25) is 5.02 Å². The molecule has 2 N–H and O–H groups in total. The predicted octanol–water partition coefficient (Wildman–Crippen LogP) is 2.00. The summed E-state index contributed by atoms with van der Waals surface area (Å²) < 4.78 is 0. The molecule has 0 radical (unpaired) electrons. The largest absolute Gasteiger partial charge is 0.478 e. The molecule has 0 fully saturated rings. The molecule has 0 saturated heterocycles. The number of carbonyl (C=O) groups is 1. The van der Waals surface area contributed by atoms with Crippen LogP contribution >= 0.6 is 24.0 Å². The maximum Gasteiger partial charge on any atom is 0.335 e. The lowest BCUT2D eigenvalue weighted by Gasteiger charge is -2.03. The number of carboxylic acid groups (broad SMARTS) is 1. The van der Waals surface area contributed by atoms with E-state index in [9.17, 15) is 4.79 Å². The lowest BCUT2D eigenvalue weighted by Crippen LogP contribution is -2.15. The molecule has 0 heterocycles. The number of rotatable bonds is 3. The number of hydrogen-bond donors (Lipinski definition) is 2. The van der Waals surface area contributed by atoms with Crippen LogP contribution in [0.1, 0.15) is 10.4 Å². The molecule has 1 rings (SSSR count). The Hall–Kier alpha value is -0.810. The van der Waals surface area contributed by atoms with Crippen molar-refractivity contribution in [2.45, 2.75) is 0 Å². The molecule has 0 atom stereocenters. The maximum absolute atomic E-state index is 10.3. The van der Waals surface area contributed by atoms with Crippen molar-refractivity contribution in [2.24, 2.45) is 0 Å². The van der Waals surface area contributed by atoms with Crippen LogP contribution in [0.3, 0.4) is 0 Å². The molecule has 1 aromatic carbocycles. The van der Waals surface area contributed by atoms with E-state index in [0.717, 1.165) is 6.54 Å². The van der Waals surface area contributed by atoms with Gasteiger partial charge in [0.15, 0.2) is 0 Å². The molecule has 98 valence electrons. The van der Waals surface area contributed by atoms with Crippen molar-refractivity contribution in [3.8, 4) is 0 Å². The Balaban J connectivity index is 0. The highest BCUT2D eigenvalue weighted by molar-refractivity contribution is 6.30. The van der Waals surface area contributed by atoms with Crippen LogP contribution < -0.4 is 0 Å². The van der Waals surface area contributed by atoms with E-state index in [1.165, 1.54) is 12.1 Å². The Morgan fingerprint density at radius 2 is 1.76 bits per heavy atom. The topological polar surface area (TPSA) is 60.8 Å². The summed E-state index contributed by atoms with van der Waals surface area (Å²) in [5.74, 6) is -0.934. The van der Waals surface area contributed by atoms with Crippen molar-refractivity contribution in [3.63, 3.8) is 0 Å². The average Bonchev–Trinajstić information content (AvgIpc) is 2.19. The van der Waals surface area contributed by atoms with Crippen molar-refractivity contribution in [1.82, 2.24) is 4.90 Å². The van der Waals surface area contributed by atoms with Gasteiger partial charge in [-0.25, -0.2) is 4.79 Å². The normalized spacial score (nSPS) is 9.00.